The van der Waals surface area contributed by atoms with E-state index in [9.17, 15) is 8.42 Å². The minimum atomic E-state index is -3.39. The van der Waals surface area contributed by atoms with Gasteiger partial charge in [-0.05, 0) is 43.5 Å². The number of benzene rings is 1. The number of hydrogen-bond donors (Lipinski definition) is 2. The van der Waals surface area contributed by atoms with Crippen molar-refractivity contribution in [2.45, 2.75) is 31.2 Å². The van der Waals surface area contributed by atoms with E-state index in [-0.39, 0.29) is 4.90 Å². The predicted octanol–water partition coefficient (Wildman–Crippen LogP) is 1.14. The molecule has 1 aromatic rings. The summed E-state index contributed by atoms with van der Waals surface area (Å²) in [4.78, 5) is 6.79. The highest BCUT2D eigenvalue weighted by Crippen LogP contribution is 2.15. The fraction of sp³-hybridized carbons (Fsp3) is 0.533. The lowest BCUT2D eigenvalue weighted by Crippen LogP contribution is -2.43. The molecule has 0 bridgehead atoms. The molecule has 2 rings (SSSR count). The zero-order valence-corrected chi connectivity index (χ0v) is 13.9. The van der Waals surface area contributed by atoms with Gasteiger partial charge in [-0.3, -0.25) is 0 Å². The average molecular weight is 324 g/mol. The molecule has 1 atom stereocenters. The van der Waals surface area contributed by atoms with Crippen LogP contribution in [0.4, 0.5) is 0 Å². The molecule has 0 spiro atoms. The average Bonchev–Trinajstić information content (AvgIpc) is 2.53. The highest BCUT2D eigenvalue weighted by molar-refractivity contribution is 7.89. The van der Waals surface area contributed by atoms with Crippen LogP contribution < -0.4 is 10.5 Å². The van der Waals surface area contributed by atoms with Crippen molar-refractivity contribution < 1.29 is 8.42 Å². The molecule has 7 heteroatoms. The monoisotopic (exact) mass is 324 g/mol. The number of nitrogens with one attached hydrogen (secondary N) is 1. The van der Waals surface area contributed by atoms with E-state index in [2.05, 4.69) is 21.5 Å². The van der Waals surface area contributed by atoms with E-state index in [1.165, 1.54) is 13.5 Å². The molecule has 1 heterocycles. The van der Waals surface area contributed by atoms with E-state index in [0.717, 1.165) is 25.1 Å². The van der Waals surface area contributed by atoms with Crippen LogP contribution in [0.15, 0.2) is 34.2 Å². The second-order valence-corrected chi connectivity index (χ2v) is 7.61. The minimum Gasteiger partial charge on any atom is -0.370 e. The highest BCUT2D eigenvalue weighted by atomic mass is 32.2. The summed E-state index contributed by atoms with van der Waals surface area (Å²) in [6, 6.07) is 6.69. The van der Waals surface area contributed by atoms with Crippen LogP contribution in [0.3, 0.4) is 0 Å². The Balaban J connectivity index is 2.00. The maximum atomic E-state index is 11.7. The van der Waals surface area contributed by atoms with Crippen molar-refractivity contribution in [3.05, 3.63) is 29.8 Å². The molecule has 0 saturated carbocycles. The summed E-state index contributed by atoms with van der Waals surface area (Å²) in [5, 5.41) is 0. The number of rotatable bonds is 4. The number of aliphatic imine (C=N–C) groups is 1. The molecule has 0 aromatic heterocycles. The van der Waals surface area contributed by atoms with Crippen molar-refractivity contribution >= 4 is 16.0 Å². The van der Waals surface area contributed by atoms with Crippen molar-refractivity contribution in [2.24, 2.45) is 16.6 Å². The Labute approximate surface area is 132 Å². The van der Waals surface area contributed by atoms with Gasteiger partial charge in [0.25, 0.3) is 0 Å². The van der Waals surface area contributed by atoms with Crippen molar-refractivity contribution in [3.8, 4) is 0 Å². The maximum Gasteiger partial charge on any atom is 0.240 e. The first-order chi connectivity index (χ1) is 10.4. The van der Waals surface area contributed by atoms with Gasteiger partial charge in [-0.2, -0.15) is 0 Å². The molecule has 22 heavy (non-hydrogen) atoms. The standard InChI is InChI=1S/C15H24N4O2S/c1-12-4-3-9-19(11-12)15(16)18-10-13-5-7-14(8-6-13)22(20,21)17-2/h5-8,12,17H,3-4,9-11H2,1-2H3,(H2,16,18). The maximum absolute atomic E-state index is 11.7. The zero-order valence-electron chi connectivity index (χ0n) is 13.1. The topological polar surface area (TPSA) is 87.8 Å². The van der Waals surface area contributed by atoms with Gasteiger partial charge in [0.15, 0.2) is 5.96 Å². The number of nitrogens with two attached hydrogens (primary N) is 1. The first-order valence-corrected chi connectivity index (χ1v) is 8.98. The Morgan fingerprint density at radius 3 is 2.68 bits per heavy atom. The Bertz CT molecular complexity index is 625. The van der Waals surface area contributed by atoms with Gasteiger partial charge in [0.2, 0.25) is 10.0 Å². The van der Waals surface area contributed by atoms with Gasteiger partial charge in [0, 0.05) is 13.1 Å². The fourth-order valence-corrected chi connectivity index (χ4v) is 3.29. The normalized spacial score (nSPS) is 20.2. The molecule has 0 radical (unpaired) electrons. The van der Waals surface area contributed by atoms with Gasteiger partial charge in [-0.1, -0.05) is 19.1 Å². The highest BCUT2D eigenvalue weighted by Gasteiger charge is 2.17. The number of piperidine rings is 1. The lowest BCUT2D eigenvalue weighted by Gasteiger charge is -2.31. The molecule has 0 amide bonds. The van der Waals surface area contributed by atoms with E-state index >= 15 is 0 Å². The Hall–Kier alpha value is -1.60. The first kappa shape index (κ1) is 16.8. The molecule has 3 N–H and O–H groups in total. The van der Waals surface area contributed by atoms with E-state index < -0.39 is 10.0 Å². The molecule has 0 aliphatic carbocycles. The van der Waals surface area contributed by atoms with Crippen LogP contribution in [-0.2, 0) is 16.6 Å². The van der Waals surface area contributed by atoms with E-state index in [1.54, 1.807) is 24.3 Å². The lowest BCUT2D eigenvalue weighted by atomic mass is 10.0. The third-order valence-corrected chi connectivity index (χ3v) is 5.34. The molecule has 1 fully saturated rings. The second-order valence-electron chi connectivity index (χ2n) is 5.72. The van der Waals surface area contributed by atoms with Gasteiger partial charge in [0.05, 0.1) is 11.4 Å². The van der Waals surface area contributed by atoms with E-state index in [0.29, 0.717) is 18.4 Å². The molecular weight excluding hydrogens is 300 g/mol. The van der Waals surface area contributed by atoms with E-state index in [4.69, 9.17) is 5.73 Å². The summed E-state index contributed by atoms with van der Waals surface area (Å²) in [6.45, 7) is 4.59. The number of sulfonamides is 1. The summed E-state index contributed by atoms with van der Waals surface area (Å²) in [5.41, 5.74) is 6.98. The van der Waals surface area contributed by atoms with Crippen LogP contribution in [0.2, 0.25) is 0 Å². The molecule has 122 valence electrons. The number of hydrogen-bond acceptors (Lipinski definition) is 3. The Morgan fingerprint density at radius 2 is 2.09 bits per heavy atom. The molecule has 6 nitrogen and oxygen atoms in total. The smallest absolute Gasteiger partial charge is 0.240 e. The zero-order chi connectivity index (χ0) is 16.2. The Morgan fingerprint density at radius 1 is 1.41 bits per heavy atom. The van der Waals surface area contributed by atoms with Crippen LogP contribution in [0.5, 0.6) is 0 Å². The van der Waals surface area contributed by atoms with E-state index in [1.807, 2.05) is 0 Å². The van der Waals surface area contributed by atoms with Crippen LogP contribution in [0.25, 0.3) is 0 Å². The predicted molar refractivity (Wildman–Crippen MR) is 88.0 cm³/mol. The summed E-state index contributed by atoms with van der Waals surface area (Å²) in [7, 11) is -1.99. The van der Waals surface area contributed by atoms with Crippen molar-refractivity contribution in [1.29, 1.82) is 0 Å². The van der Waals surface area contributed by atoms with Gasteiger partial charge in [-0.15, -0.1) is 0 Å². The van der Waals surface area contributed by atoms with Crippen molar-refractivity contribution in [1.82, 2.24) is 9.62 Å². The number of likely N-dealkylation sites (tertiary alicyclic amines) is 1. The quantitative estimate of drug-likeness (QED) is 0.642. The summed E-state index contributed by atoms with van der Waals surface area (Å²) >= 11 is 0. The van der Waals surface area contributed by atoms with Crippen LogP contribution >= 0.6 is 0 Å². The van der Waals surface area contributed by atoms with Gasteiger partial charge in [0.1, 0.15) is 0 Å². The molecule has 1 saturated heterocycles. The lowest BCUT2D eigenvalue weighted by molar-refractivity contribution is 0.270. The molecule has 1 unspecified atom stereocenters. The minimum absolute atomic E-state index is 0.251. The van der Waals surface area contributed by atoms with Gasteiger partial charge >= 0.3 is 0 Å². The molecule has 1 aromatic carbocycles. The Kier molecular flexibility index (Phi) is 5.42. The summed E-state index contributed by atoms with van der Waals surface area (Å²) < 4.78 is 25.6. The second kappa shape index (κ2) is 7.11. The third kappa shape index (κ3) is 4.20. The fourth-order valence-electron chi connectivity index (χ4n) is 2.56. The van der Waals surface area contributed by atoms with Crippen molar-refractivity contribution in [2.75, 3.05) is 20.1 Å². The van der Waals surface area contributed by atoms with Gasteiger partial charge < -0.3 is 10.6 Å². The molecule has 1 aliphatic rings. The van der Waals surface area contributed by atoms with Crippen LogP contribution in [0, 0.1) is 5.92 Å². The van der Waals surface area contributed by atoms with Crippen LogP contribution in [0.1, 0.15) is 25.3 Å². The summed E-state index contributed by atoms with van der Waals surface area (Å²) in [5.74, 6) is 1.21. The molecular formula is C15H24N4O2S. The first-order valence-electron chi connectivity index (χ1n) is 7.49. The SMILES string of the molecule is CNS(=O)(=O)c1ccc(CN=C(N)N2CCCC(C)C2)cc1. The van der Waals surface area contributed by atoms with Gasteiger partial charge in [-0.25, -0.2) is 18.1 Å². The largest absolute Gasteiger partial charge is 0.370 e. The third-order valence-electron chi connectivity index (χ3n) is 3.91. The van der Waals surface area contributed by atoms with Crippen molar-refractivity contribution in [3.63, 3.8) is 0 Å². The molecule has 1 aliphatic heterocycles. The van der Waals surface area contributed by atoms with Crippen LogP contribution in [-0.4, -0.2) is 39.4 Å². The summed E-state index contributed by atoms with van der Waals surface area (Å²) in [6.07, 6.45) is 2.39. The number of nitrogens with zero attached hydrogens (tertiary/aromatic N) is 2. The number of guanidine groups is 1.